The van der Waals surface area contributed by atoms with E-state index in [4.69, 9.17) is 4.74 Å². The van der Waals surface area contributed by atoms with Crippen LogP contribution < -0.4 is 5.32 Å². The normalized spacial score (nSPS) is 18.4. The average molecular weight is 354 g/mol. The number of carbonyl (C=O) groups excluding carboxylic acids is 2. The van der Waals surface area contributed by atoms with Crippen LogP contribution in [0, 0.1) is 6.92 Å². The number of nitrogens with zero attached hydrogens (tertiary/aromatic N) is 2. The Morgan fingerprint density at radius 2 is 2.04 bits per heavy atom. The van der Waals surface area contributed by atoms with Gasteiger partial charge in [0.1, 0.15) is 5.69 Å². The fourth-order valence-corrected chi connectivity index (χ4v) is 3.54. The van der Waals surface area contributed by atoms with Crippen LogP contribution in [0.5, 0.6) is 0 Å². The van der Waals surface area contributed by atoms with Crippen molar-refractivity contribution in [2.45, 2.75) is 31.8 Å². The van der Waals surface area contributed by atoms with E-state index in [9.17, 15) is 9.59 Å². The van der Waals surface area contributed by atoms with Gasteiger partial charge in [-0.05, 0) is 43.9 Å². The van der Waals surface area contributed by atoms with E-state index in [0.29, 0.717) is 30.0 Å². The van der Waals surface area contributed by atoms with Crippen molar-refractivity contribution in [2.75, 3.05) is 25.0 Å². The lowest BCUT2D eigenvalue weighted by molar-refractivity contribution is -0.169. The highest BCUT2D eigenvalue weighted by Crippen LogP contribution is 2.37. The number of imidazole rings is 1. The zero-order valence-electron chi connectivity index (χ0n) is 14.7. The van der Waals surface area contributed by atoms with Crippen LogP contribution in [0.4, 0.5) is 5.69 Å². The largest absolute Gasteiger partial charge is 0.375 e. The monoisotopic (exact) mass is 354 g/mol. The second-order valence-electron chi connectivity index (χ2n) is 7.02. The minimum Gasteiger partial charge on any atom is -0.375 e. The first-order valence-electron chi connectivity index (χ1n) is 8.90. The maximum Gasteiger partial charge on any atom is 0.273 e. The van der Waals surface area contributed by atoms with Crippen molar-refractivity contribution >= 4 is 17.5 Å². The molecule has 136 valence electrons. The fourth-order valence-electron chi connectivity index (χ4n) is 3.54. The minimum atomic E-state index is -0.280. The number of rotatable bonds is 3. The number of hydrogen-bond donors (Lipinski definition) is 2. The Morgan fingerprint density at radius 3 is 2.65 bits per heavy atom. The number of anilines is 1. The molecule has 2 amide bonds. The molecule has 2 aliphatic rings. The Labute approximate surface area is 151 Å². The van der Waals surface area contributed by atoms with Crippen LogP contribution in [0.3, 0.4) is 0 Å². The Kier molecular flexibility index (Phi) is 4.24. The van der Waals surface area contributed by atoms with E-state index in [0.717, 1.165) is 31.4 Å². The summed E-state index contributed by atoms with van der Waals surface area (Å²) in [4.78, 5) is 33.6. The van der Waals surface area contributed by atoms with Crippen molar-refractivity contribution in [3.8, 4) is 0 Å². The van der Waals surface area contributed by atoms with Gasteiger partial charge in [-0.2, -0.15) is 0 Å². The summed E-state index contributed by atoms with van der Waals surface area (Å²) < 4.78 is 5.71. The molecule has 0 saturated carbocycles. The number of nitrogens with one attached hydrogen (secondary N) is 2. The van der Waals surface area contributed by atoms with Gasteiger partial charge in [0, 0.05) is 24.3 Å². The van der Waals surface area contributed by atoms with Crippen LogP contribution in [0.1, 0.15) is 45.7 Å². The summed E-state index contributed by atoms with van der Waals surface area (Å²) in [6.07, 6.45) is 5.81. The summed E-state index contributed by atoms with van der Waals surface area (Å²) in [7, 11) is 0. The first kappa shape index (κ1) is 16.8. The van der Waals surface area contributed by atoms with Gasteiger partial charge in [-0.15, -0.1) is 0 Å². The standard InChI is InChI=1S/C19H22N4O3/c1-13-2-3-14(10-15(13)22-17(24)16-11-20-12-21-16)18(25)23-7-4-19(5-8-23)6-9-26-19/h2-3,10-12H,4-9H2,1H3,(H,20,21)(H,22,24). The van der Waals surface area contributed by atoms with Gasteiger partial charge in [-0.3, -0.25) is 9.59 Å². The summed E-state index contributed by atoms with van der Waals surface area (Å²) in [5.41, 5.74) is 2.51. The Morgan fingerprint density at radius 1 is 1.27 bits per heavy atom. The van der Waals surface area contributed by atoms with E-state index in [-0.39, 0.29) is 17.4 Å². The third-order valence-electron chi connectivity index (χ3n) is 5.40. The van der Waals surface area contributed by atoms with Crippen molar-refractivity contribution in [3.05, 3.63) is 47.5 Å². The maximum absolute atomic E-state index is 12.9. The van der Waals surface area contributed by atoms with Crippen molar-refractivity contribution in [1.29, 1.82) is 0 Å². The summed E-state index contributed by atoms with van der Waals surface area (Å²) in [6.45, 7) is 4.16. The quantitative estimate of drug-likeness (QED) is 0.886. The number of likely N-dealkylation sites (tertiary alicyclic amines) is 1. The molecule has 2 saturated heterocycles. The number of ether oxygens (including phenoxy) is 1. The van der Waals surface area contributed by atoms with Gasteiger partial charge in [0.2, 0.25) is 0 Å². The molecule has 1 spiro atoms. The summed E-state index contributed by atoms with van der Waals surface area (Å²) in [5.74, 6) is -0.284. The lowest BCUT2D eigenvalue weighted by Gasteiger charge is -2.47. The SMILES string of the molecule is Cc1ccc(C(=O)N2CCC3(CCO3)CC2)cc1NC(=O)c1cnc[nH]1. The van der Waals surface area contributed by atoms with Gasteiger partial charge >= 0.3 is 0 Å². The molecule has 0 atom stereocenters. The molecule has 1 aromatic carbocycles. The summed E-state index contributed by atoms with van der Waals surface area (Å²) in [6, 6.07) is 5.42. The number of aromatic nitrogens is 2. The van der Waals surface area contributed by atoms with Crippen LogP contribution >= 0.6 is 0 Å². The molecular weight excluding hydrogens is 332 g/mol. The first-order valence-corrected chi connectivity index (χ1v) is 8.90. The predicted octanol–water partition coefficient (Wildman–Crippen LogP) is 2.37. The van der Waals surface area contributed by atoms with Gasteiger partial charge in [-0.25, -0.2) is 4.98 Å². The number of aromatic amines is 1. The van der Waals surface area contributed by atoms with E-state index in [1.807, 2.05) is 24.0 Å². The van der Waals surface area contributed by atoms with Crippen LogP contribution in [0.2, 0.25) is 0 Å². The van der Waals surface area contributed by atoms with Crippen molar-refractivity contribution in [3.63, 3.8) is 0 Å². The van der Waals surface area contributed by atoms with Gasteiger partial charge in [0.25, 0.3) is 11.8 Å². The number of piperidine rings is 1. The highest BCUT2D eigenvalue weighted by molar-refractivity contribution is 6.04. The molecular formula is C19H22N4O3. The molecule has 0 aliphatic carbocycles. The topological polar surface area (TPSA) is 87.3 Å². The number of H-pyrrole nitrogens is 1. The highest BCUT2D eigenvalue weighted by atomic mass is 16.5. The van der Waals surface area contributed by atoms with Gasteiger partial charge in [0.05, 0.1) is 24.7 Å². The lowest BCUT2D eigenvalue weighted by Crippen LogP contribution is -2.53. The molecule has 2 aromatic rings. The molecule has 2 N–H and O–H groups in total. The van der Waals surface area contributed by atoms with Crippen LogP contribution in [0.15, 0.2) is 30.7 Å². The molecule has 26 heavy (non-hydrogen) atoms. The van der Waals surface area contributed by atoms with Crippen LogP contribution in [0.25, 0.3) is 0 Å². The van der Waals surface area contributed by atoms with E-state index in [2.05, 4.69) is 15.3 Å². The minimum absolute atomic E-state index is 0.00351. The molecule has 0 unspecified atom stereocenters. The van der Waals surface area contributed by atoms with E-state index < -0.39 is 0 Å². The number of hydrogen-bond acceptors (Lipinski definition) is 4. The van der Waals surface area contributed by atoms with Gasteiger partial charge in [-0.1, -0.05) is 6.07 Å². The third kappa shape index (κ3) is 3.10. The number of aryl methyl sites for hydroxylation is 1. The third-order valence-corrected chi connectivity index (χ3v) is 5.40. The van der Waals surface area contributed by atoms with Crippen molar-refractivity contribution in [1.82, 2.24) is 14.9 Å². The van der Waals surface area contributed by atoms with Crippen molar-refractivity contribution in [2.24, 2.45) is 0 Å². The molecule has 7 heteroatoms. The molecule has 2 fully saturated rings. The summed E-state index contributed by atoms with van der Waals surface area (Å²) in [5, 5.41) is 2.84. The summed E-state index contributed by atoms with van der Waals surface area (Å²) >= 11 is 0. The van der Waals surface area contributed by atoms with Crippen molar-refractivity contribution < 1.29 is 14.3 Å². The molecule has 7 nitrogen and oxygen atoms in total. The highest BCUT2D eigenvalue weighted by Gasteiger charge is 2.42. The number of benzene rings is 1. The second kappa shape index (κ2) is 6.57. The Balaban J connectivity index is 1.46. The molecule has 1 aromatic heterocycles. The smallest absolute Gasteiger partial charge is 0.273 e. The van der Waals surface area contributed by atoms with Crippen LogP contribution in [-0.2, 0) is 4.74 Å². The molecule has 2 aliphatic heterocycles. The average Bonchev–Trinajstić information content (AvgIpc) is 3.16. The van der Waals surface area contributed by atoms with E-state index in [1.54, 1.807) is 6.07 Å². The zero-order valence-corrected chi connectivity index (χ0v) is 14.7. The second-order valence-corrected chi connectivity index (χ2v) is 7.02. The predicted molar refractivity (Wildman–Crippen MR) is 96.2 cm³/mol. The van der Waals surface area contributed by atoms with Gasteiger partial charge in [0.15, 0.2) is 0 Å². The van der Waals surface area contributed by atoms with E-state index >= 15 is 0 Å². The zero-order chi connectivity index (χ0) is 18.1. The first-order chi connectivity index (χ1) is 12.6. The molecule has 0 radical (unpaired) electrons. The Hall–Kier alpha value is -2.67. The Bertz CT molecular complexity index is 817. The van der Waals surface area contributed by atoms with Crippen LogP contribution in [-0.4, -0.2) is 52.0 Å². The van der Waals surface area contributed by atoms with E-state index in [1.165, 1.54) is 12.5 Å². The maximum atomic E-state index is 12.9. The fraction of sp³-hybridized carbons (Fsp3) is 0.421. The number of carbonyl (C=O) groups is 2. The molecule has 4 rings (SSSR count). The molecule has 0 bridgehead atoms. The lowest BCUT2D eigenvalue weighted by atomic mass is 9.84. The number of amides is 2. The van der Waals surface area contributed by atoms with Gasteiger partial charge < -0.3 is 19.9 Å². The molecule has 3 heterocycles.